The topological polar surface area (TPSA) is 126 Å². The van der Waals surface area contributed by atoms with Crippen LogP contribution in [-0.2, 0) is 32.6 Å². The zero-order valence-electron chi connectivity index (χ0n) is 30.8. The smallest absolute Gasteiger partial charge is 0.326 e. The van der Waals surface area contributed by atoms with Crippen LogP contribution >= 0.6 is 0 Å². The Labute approximate surface area is 321 Å². The second-order valence-electron chi connectivity index (χ2n) is 14.6. The first-order valence-corrected chi connectivity index (χ1v) is 20.4. The van der Waals surface area contributed by atoms with Gasteiger partial charge < -0.3 is 24.5 Å². The number of aromatic nitrogens is 2. The van der Waals surface area contributed by atoms with Crippen LogP contribution in [0.25, 0.3) is 22.2 Å². The molecular weight excluding hydrogens is 713 g/mol. The van der Waals surface area contributed by atoms with Crippen LogP contribution < -0.4 is 10.4 Å². The monoisotopic (exact) mass is 758 g/mol. The highest BCUT2D eigenvalue weighted by Crippen LogP contribution is 2.42. The van der Waals surface area contributed by atoms with Gasteiger partial charge in [-0.3, -0.25) is 4.57 Å². The summed E-state index contributed by atoms with van der Waals surface area (Å²) in [5.74, 6) is 0.0477. The molecule has 0 aliphatic carbocycles. The Morgan fingerprint density at radius 2 is 1.49 bits per heavy atom. The molecule has 0 saturated carbocycles. The van der Waals surface area contributed by atoms with E-state index >= 15 is 0 Å². The van der Waals surface area contributed by atoms with Crippen molar-refractivity contribution in [3.63, 3.8) is 0 Å². The zero-order chi connectivity index (χ0) is 37.9. The number of nitrogens with one attached hydrogen (secondary N) is 2. The first-order chi connectivity index (χ1) is 26.8. The molecule has 284 valence electrons. The molecule has 3 heterocycles. The molecule has 2 fully saturated rings. The van der Waals surface area contributed by atoms with Crippen molar-refractivity contribution in [2.24, 2.45) is 5.92 Å². The fourth-order valence-electron chi connectivity index (χ4n) is 7.93. The van der Waals surface area contributed by atoms with E-state index in [1.165, 1.54) is 0 Å². The third-order valence-corrected chi connectivity index (χ3v) is 12.5. The summed E-state index contributed by atoms with van der Waals surface area (Å²) < 4.78 is 43.8. The fraction of sp³-hybridized carbons (Fsp3) is 0.295. The van der Waals surface area contributed by atoms with Gasteiger partial charge in [-0.25, -0.2) is 17.9 Å². The summed E-state index contributed by atoms with van der Waals surface area (Å²) >= 11 is 0. The molecule has 2 aliphatic rings. The first kappa shape index (κ1) is 37.1. The minimum absolute atomic E-state index is 0.0189. The van der Waals surface area contributed by atoms with E-state index in [1.807, 2.05) is 102 Å². The summed E-state index contributed by atoms with van der Waals surface area (Å²) in [5.41, 5.74) is 7.38. The predicted octanol–water partition coefficient (Wildman–Crippen LogP) is 7.10. The van der Waals surface area contributed by atoms with Crippen LogP contribution in [0.4, 0.5) is 0 Å². The maximum absolute atomic E-state index is 12.9. The van der Waals surface area contributed by atoms with Crippen LogP contribution in [0.15, 0.2) is 137 Å². The number of likely N-dealkylation sites (tertiary alicyclic amines) is 1. The molecule has 2 saturated heterocycles. The van der Waals surface area contributed by atoms with E-state index in [9.17, 15) is 18.3 Å². The molecule has 0 bridgehead atoms. The van der Waals surface area contributed by atoms with Gasteiger partial charge in [0, 0.05) is 43.7 Å². The number of sulfonamides is 1. The lowest BCUT2D eigenvalue weighted by atomic mass is 9.89. The van der Waals surface area contributed by atoms with E-state index in [2.05, 4.69) is 21.5 Å². The Bertz CT molecular complexity index is 2390. The maximum Gasteiger partial charge on any atom is 0.326 e. The van der Waals surface area contributed by atoms with Crippen molar-refractivity contribution in [2.75, 3.05) is 19.6 Å². The van der Waals surface area contributed by atoms with Gasteiger partial charge >= 0.3 is 5.69 Å². The number of fused-ring (bicyclic) bond motifs is 1. The third kappa shape index (κ3) is 8.09. The van der Waals surface area contributed by atoms with Crippen LogP contribution in [0.2, 0.25) is 0 Å². The lowest BCUT2D eigenvalue weighted by Crippen LogP contribution is -2.47. The molecule has 10 nitrogen and oxygen atoms in total. The molecule has 2 aliphatic heterocycles. The number of para-hydroxylation sites is 2. The molecule has 11 heteroatoms. The Hall–Kier alpha value is -4.88. The second kappa shape index (κ2) is 16.1. The SMILES string of the molecule is C[C@@H]1[C@H](CN2CCC(n3c(=O)[nH]c4ccccc43)CC2)O[C@H](c2ccc(-c3cccc(CNS(=O)(=O)c4ccccc4)c3)cc2)O[C@@H]1c1ccc(CO)cc1. The molecule has 55 heavy (non-hydrogen) atoms. The number of piperidine rings is 1. The molecule has 5 aromatic carbocycles. The van der Waals surface area contributed by atoms with E-state index in [0.29, 0.717) is 0 Å². The average molecular weight is 759 g/mol. The molecule has 0 amide bonds. The lowest BCUT2D eigenvalue weighted by Gasteiger charge is -2.44. The largest absolute Gasteiger partial charge is 0.392 e. The van der Waals surface area contributed by atoms with E-state index < -0.39 is 16.3 Å². The number of imidazole rings is 1. The number of aliphatic hydroxyl groups is 1. The van der Waals surface area contributed by atoms with Crippen LogP contribution in [0, 0.1) is 5.92 Å². The number of benzene rings is 5. The number of aromatic amines is 1. The van der Waals surface area contributed by atoms with Crippen molar-refractivity contribution in [1.82, 2.24) is 19.2 Å². The van der Waals surface area contributed by atoms with Crippen LogP contribution in [-0.4, -0.2) is 53.7 Å². The van der Waals surface area contributed by atoms with Gasteiger partial charge in [-0.1, -0.05) is 104 Å². The van der Waals surface area contributed by atoms with Crippen molar-refractivity contribution >= 4 is 21.1 Å². The highest BCUT2D eigenvalue weighted by atomic mass is 32.2. The number of hydrogen-bond donors (Lipinski definition) is 3. The Balaban J connectivity index is 0.975. The standard InChI is InChI=1S/C44H46N4O6S/c1-30-41(28-47-24-22-37(23-25-47)48-40-13-6-5-12-39(40)46-44(48)50)53-43(54-42(30)34-16-14-31(29-49)15-17-34)35-20-18-33(19-21-35)36-9-7-8-32(26-36)27-45-55(51,52)38-10-3-2-4-11-38/h2-21,26,30,37,41-43,45,49H,22-25,27-29H2,1H3,(H,46,50)/t30-,41+,42+,43+/m1/s1. The van der Waals surface area contributed by atoms with Crippen molar-refractivity contribution < 1.29 is 23.0 Å². The number of hydrogen-bond acceptors (Lipinski definition) is 7. The first-order valence-electron chi connectivity index (χ1n) is 18.9. The molecule has 6 aromatic rings. The summed E-state index contributed by atoms with van der Waals surface area (Å²) in [7, 11) is -3.63. The second-order valence-corrected chi connectivity index (χ2v) is 16.4. The van der Waals surface area contributed by atoms with Crippen molar-refractivity contribution in [1.29, 1.82) is 0 Å². The van der Waals surface area contributed by atoms with Gasteiger partial charge in [-0.05, 0) is 71.0 Å². The average Bonchev–Trinajstić information content (AvgIpc) is 3.57. The molecule has 0 spiro atoms. The Morgan fingerprint density at radius 3 is 2.24 bits per heavy atom. The van der Waals surface area contributed by atoms with E-state index in [1.54, 1.807) is 30.3 Å². The summed E-state index contributed by atoms with van der Waals surface area (Å²) in [6.45, 7) is 4.78. The highest BCUT2D eigenvalue weighted by molar-refractivity contribution is 7.89. The normalized spacial score (nSPS) is 21.2. The van der Waals surface area contributed by atoms with E-state index in [0.717, 1.165) is 76.9 Å². The number of ether oxygens (including phenoxy) is 2. The van der Waals surface area contributed by atoms with Gasteiger partial charge in [0.15, 0.2) is 6.29 Å². The number of H-pyrrole nitrogens is 1. The summed E-state index contributed by atoms with van der Waals surface area (Å²) in [6.07, 6.45) is 0.797. The molecule has 8 rings (SSSR count). The summed E-state index contributed by atoms with van der Waals surface area (Å²) in [4.78, 5) is 18.6. The van der Waals surface area contributed by atoms with Gasteiger partial charge in [0.25, 0.3) is 0 Å². The van der Waals surface area contributed by atoms with Gasteiger partial charge in [-0.15, -0.1) is 0 Å². The number of rotatable bonds is 11. The zero-order valence-corrected chi connectivity index (χ0v) is 31.6. The number of aliphatic hydroxyl groups excluding tert-OH is 1. The Morgan fingerprint density at radius 1 is 0.782 bits per heavy atom. The molecule has 0 radical (unpaired) electrons. The predicted molar refractivity (Wildman–Crippen MR) is 213 cm³/mol. The van der Waals surface area contributed by atoms with Crippen molar-refractivity contribution in [2.45, 2.75) is 62.4 Å². The molecule has 0 unspecified atom stereocenters. The molecule has 3 N–H and O–H groups in total. The summed E-state index contributed by atoms with van der Waals surface area (Å²) in [5, 5.41) is 9.67. The van der Waals surface area contributed by atoms with E-state index in [4.69, 9.17) is 9.47 Å². The fourth-order valence-corrected chi connectivity index (χ4v) is 8.97. The van der Waals surface area contributed by atoms with Gasteiger partial charge in [0.1, 0.15) is 0 Å². The van der Waals surface area contributed by atoms with Gasteiger partial charge in [-0.2, -0.15) is 0 Å². The number of nitrogens with zero attached hydrogens (tertiary/aromatic N) is 2. The third-order valence-electron chi connectivity index (χ3n) is 11.1. The minimum atomic E-state index is -3.63. The van der Waals surface area contributed by atoms with Gasteiger partial charge in [0.05, 0.1) is 34.7 Å². The minimum Gasteiger partial charge on any atom is -0.392 e. The van der Waals surface area contributed by atoms with Gasteiger partial charge in [0.2, 0.25) is 10.0 Å². The van der Waals surface area contributed by atoms with Crippen molar-refractivity contribution in [3.8, 4) is 11.1 Å². The van der Waals surface area contributed by atoms with Crippen molar-refractivity contribution in [3.05, 3.63) is 160 Å². The van der Waals surface area contributed by atoms with Crippen LogP contribution in [0.1, 0.15) is 60.5 Å². The van der Waals surface area contributed by atoms with Crippen LogP contribution in [0.5, 0.6) is 0 Å². The quantitative estimate of drug-likeness (QED) is 0.129. The molecular formula is C44H46N4O6S. The Kier molecular flexibility index (Phi) is 10.8. The lowest BCUT2D eigenvalue weighted by molar-refractivity contribution is -0.276. The highest BCUT2D eigenvalue weighted by Gasteiger charge is 2.39. The van der Waals surface area contributed by atoms with Crippen LogP contribution in [0.3, 0.4) is 0 Å². The molecule has 4 atom stereocenters. The maximum atomic E-state index is 12.9. The summed E-state index contributed by atoms with van der Waals surface area (Å²) in [6, 6.07) is 40.4. The van der Waals surface area contributed by atoms with E-state index in [-0.39, 0.29) is 47.9 Å². The molecule has 1 aromatic heterocycles.